The van der Waals surface area contributed by atoms with Crippen LogP contribution in [-0.4, -0.2) is 66.3 Å². The maximum atomic E-state index is 11.6. The highest BCUT2D eigenvalue weighted by Crippen LogP contribution is 2.29. The fourth-order valence-electron chi connectivity index (χ4n) is 2.90. The van der Waals surface area contributed by atoms with Crippen LogP contribution in [0, 0.1) is 10.1 Å². The van der Waals surface area contributed by atoms with Gasteiger partial charge >= 0.3 is 5.69 Å². The number of nitrogens with zero attached hydrogens (tertiary/aromatic N) is 4. The van der Waals surface area contributed by atoms with Crippen LogP contribution >= 0.6 is 0 Å². The van der Waals surface area contributed by atoms with Gasteiger partial charge in [0.1, 0.15) is 12.1 Å². The van der Waals surface area contributed by atoms with Crippen LogP contribution < -0.4 is 15.4 Å². The van der Waals surface area contributed by atoms with Gasteiger partial charge < -0.3 is 20.1 Å². The highest BCUT2D eigenvalue weighted by atomic mass is 16.6. The number of methoxy groups -OCH3 is 1. The lowest BCUT2D eigenvalue weighted by Gasteiger charge is -2.26. The van der Waals surface area contributed by atoms with Crippen molar-refractivity contribution in [2.45, 2.75) is 6.54 Å². The fraction of sp³-hybridized carbons (Fsp3) is 0.444. The molecule has 2 N–H and O–H groups in total. The third-order valence-electron chi connectivity index (χ3n) is 4.45. The third-order valence-corrected chi connectivity index (χ3v) is 4.45. The van der Waals surface area contributed by atoms with E-state index in [0.717, 1.165) is 30.9 Å². The molecule has 0 radical (unpaired) electrons. The van der Waals surface area contributed by atoms with Crippen LogP contribution in [0.25, 0.3) is 0 Å². The number of aromatic nitrogens is 2. The Morgan fingerprint density at radius 3 is 2.50 bits per heavy atom. The molecule has 1 aliphatic heterocycles. The quantitative estimate of drug-likeness (QED) is 0.490. The van der Waals surface area contributed by atoms with Gasteiger partial charge in [0, 0.05) is 32.7 Å². The molecule has 1 fully saturated rings. The standard InChI is InChI=1S/C18H24N6O4/c1-27-15-4-2-14(3-5-15)12-20-18-16(24(25)26)17(21-13-22-18)19-6-7-23-8-10-28-11-9-23/h2-5,13H,6-12H2,1H3,(H2,19,20,21,22). The monoisotopic (exact) mass is 388 g/mol. The van der Waals surface area contributed by atoms with Gasteiger partial charge in [-0.2, -0.15) is 0 Å². The first kappa shape index (κ1) is 19.8. The van der Waals surface area contributed by atoms with E-state index in [2.05, 4.69) is 25.5 Å². The van der Waals surface area contributed by atoms with Crippen molar-refractivity contribution in [2.75, 3.05) is 57.1 Å². The predicted octanol–water partition coefficient (Wildman–Crippen LogP) is 1.75. The minimum atomic E-state index is -0.465. The normalized spacial score (nSPS) is 14.5. The summed E-state index contributed by atoms with van der Waals surface area (Å²) in [5.74, 6) is 1.15. The number of rotatable bonds is 9. The average Bonchev–Trinajstić information content (AvgIpc) is 2.73. The number of ether oxygens (including phenoxy) is 2. The second-order valence-electron chi connectivity index (χ2n) is 6.26. The van der Waals surface area contributed by atoms with Gasteiger partial charge in [0.2, 0.25) is 11.6 Å². The van der Waals surface area contributed by atoms with Crippen LogP contribution in [0.3, 0.4) is 0 Å². The summed E-state index contributed by atoms with van der Waals surface area (Å²) in [6.45, 7) is 4.87. The van der Waals surface area contributed by atoms with E-state index in [-0.39, 0.29) is 17.3 Å². The topological polar surface area (TPSA) is 115 Å². The second-order valence-corrected chi connectivity index (χ2v) is 6.26. The first-order valence-corrected chi connectivity index (χ1v) is 9.07. The molecule has 10 heteroatoms. The largest absolute Gasteiger partial charge is 0.497 e. The van der Waals surface area contributed by atoms with E-state index in [1.807, 2.05) is 24.3 Å². The van der Waals surface area contributed by atoms with E-state index in [1.54, 1.807) is 7.11 Å². The van der Waals surface area contributed by atoms with Gasteiger partial charge in [0.25, 0.3) is 0 Å². The summed E-state index contributed by atoms with van der Waals surface area (Å²) in [6, 6.07) is 7.45. The van der Waals surface area contributed by atoms with Crippen molar-refractivity contribution < 1.29 is 14.4 Å². The number of hydrogen-bond acceptors (Lipinski definition) is 9. The second kappa shape index (κ2) is 9.81. The maximum absolute atomic E-state index is 11.6. The Hall–Kier alpha value is -2.98. The minimum absolute atomic E-state index is 0.155. The Balaban J connectivity index is 1.63. The highest BCUT2D eigenvalue weighted by Gasteiger charge is 2.23. The number of hydrogen-bond donors (Lipinski definition) is 2. The van der Waals surface area contributed by atoms with Crippen molar-refractivity contribution in [1.82, 2.24) is 14.9 Å². The zero-order valence-corrected chi connectivity index (χ0v) is 15.8. The lowest BCUT2D eigenvalue weighted by Crippen LogP contribution is -2.39. The molecule has 1 aromatic heterocycles. The van der Waals surface area contributed by atoms with Gasteiger partial charge in [0.15, 0.2) is 0 Å². The Morgan fingerprint density at radius 2 is 1.86 bits per heavy atom. The molecular weight excluding hydrogens is 364 g/mol. The summed E-state index contributed by atoms with van der Waals surface area (Å²) >= 11 is 0. The Bertz CT molecular complexity index is 780. The van der Waals surface area contributed by atoms with Crippen LogP contribution in [0.15, 0.2) is 30.6 Å². The molecule has 0 atom stereocenters. The van der Waals surface area contributed by atoms with Gasteiger partial charge in [-0.3, -0.25) is 15.0 Å². The Kier molecular flexibility index (Phi) is 6.93. The molecule has 1 aliphatic rings. The van der Waals surface area contributed by atoms with E-state index in [0.29, 0.717) is 26.3 Å². The van der Waals surface area contributed by atoms with Crippen LogP contribution in [0.4, 0.5) is 17.3 Å². The zero-order chi connectivity index (χ0) is 19.8. The van der Waals surface area contributed by atoms with Crippen molar-refractivity contribution in [3.05, 3.63) is 46.3 Å². The molecule has 0 saturated carbocycles. The SMILES string of the molecule is COc1ccc(CNc2ncnc(NCCN3CCOCC3)c2[N+](=O)[O-])cc1. The van der Waals surface area contributed by atoms with Crippen molar-refractivity contribution in [2.24, 2.45) is 0 Å². The average molecular weight is 388 g/mol. The van der Waals surface area contributed by atoms with E-state index in [9.17, 15) is 10.1 Å². The molecule has 0 spiro atoms. The molecule has 150 valence electrons. The molecule has 2 heterocycles. The number of benzene rings is 1. The first-order chi connectivity index (χ1) is 13.7. The molecular formula is C18H24N6O4. The van der Waals surface area contributed by atoms with Gasteiger partial charge in [-0.1, -0.05) is 12.1 Å². The smallest absolute Gasteiger partial charge is 0.353 e. The van der Waals surface area contributed by atoms with Crippen LogP contribution in [0.2, 0.25) is 0 Å². The summed E-state index contributed by atoms with van der Waals surface area (Å²) in [4.78, 5) is 21.5. The van der Waals surface area contributed by atoms with Crippen molar-refractivity contribution in [3.63, 3.8) is 0 Å². The van der Waals surface area contributed by atoms with Crippen LogP contribution in [-0.2, 0) is 11.3 Å². The van der Waals surface area contributed by atoms with Crippen molar-refractivity contribution >= 4 is 17.3 Å². The minimum Gasteiger partial charge on any atom is -0.497 e. The van der Waals surface area contributed by atoms with E-state index in [1.165, 1.54) is 6.33 Å². The lowest BCUT2D eigenvalue weighted by atomic mass is 10.2. The van der Waals surface area contributed by atoms with Gasteiger partial charge in [0.05, 0.1) is 25.2 Å². The molecule has 2 aromatic rings. The summed E-state index contributed by atoms with van der Waals surface area (Å²) in [6.07, 6.45) is 1.32. The molecule has 0 bridgehead atoms. The molecule has 10 nitrogen and oxygen atoms in total. The summed E-state index contributed by atoms with van der Waals surface area (Å²) in [7, 11) is 1.60. The Morgan fingerprint density at radius 1 is 1.18 bits per heavy atom. The van der Waals surface area contributed by atoms with Crippen LogP contribution in [0.5, 0.6) is 5.75 Å². The molecule has 3 rings (SSSR count). The molecule has 0 aliphatic carbocycles. The van der Waals surface area contributed by atoms with Gasteiger partial charge in [-0.25, -0.2) is 9.97 Å². The Labute approximate surface area is 163 Å². The maximum Gasteiger partial charge on any atom is 0.353 e. The number of anilines is 2. The third kappa shape index (κ3) is 5.27. The van der Waals surface area contributed by atoms with Gasteiger partial charge in [-0.15, -0.1) is 0 Å². The lowest BCUT2D eigenvalue weighted by molar-refractivity contribution is -0.383. The summed E-state index contributed by atoms with van der Waals surface area (Å²) < 4.78 is 10.5. The molecule has 1 saturated heterocycles. The van der Waals surface area contributed by atoms with E-state index in [4.69, 9.17) is 9.47 Å². The number of nitrogens with one attached hydrogen (secondary N) is 2. The van der Waals surface area contributed by atoms with E-state index >= 15 is 0 Å². The van der Waals surface area contributed by atoms with Crippen molar-refractivity contribution in [1.29, 1.82) is 0 Å². The fourth-order valence-corrected chi connectivity index (χ4v) is 2.90. The van der Waals surface area contributed by atoms with Crippen LogP contribution in [0.1, 0.15) is 5.56 Å². The molecule has 0 amide bonds. The molecule has 28 heavy (non-hydrogen) atoms. The molecule has 0 unspecified atom stereocenters. The predicted molar refractivity (Wildman–Crippen MR) is 105 cm³/mol. The number of nitro groups is 1. The summed E-state index contributed by atoms with van der Waals surface area (Å²) in [5, 5.41) is 17.7. The van der Waals surface area contributed by atoms with E-state index < -0.39 is 4.92 Å². The number of morpholine rings is 1. The first-order valence-electron chi connectivity index (χ1n) is 9.07. The molecule has 1 aromatic carbocycles. The van der Waals surface area contributed by atoms with Gasteiger partial charge in [-0.05, 0) is 17.7 Å². The summed E-state index contributed by atoms with van der Waals surface area (Å²) in [5.41, 5.74) is 0.800. The zero-order valence-electron chi connectivity index (χ0n) is 15.8. The van der Waals surface area contributed by atoms with Crippen molar-refractivity contribution in [3.8, 4) is 5.75 Å². The highest BCUT2D eigenvalue weighted by molar-refractivity contribution is 5.69.